The second-order valence-electron chi connectivity index (χ2n) is 8.55. The Bertz CT molecular complexity index is 1200. The van der Waals surface area contributed by atoms with E-state index in [-0.39, 0.29) is 41.2 Å². The van der Waals surface area contributed by atoms with E-state index in [0.717, 1.165) is 12.3 Å². The summed E-state index contributed by atoms with van der Waals surface area (Å²) in [6.45, 7) is 1.96. The van der Waals surface area contributed by atoms with Gasteiger partial charge in [-0.25, -0.2) is 19.3 Å². The number of halogens is 4. The molecular formula is C24H20F4N4O2. The summed E-state index contributed by atoms with van der Waals surface area (Å²) < 4.78 is 58.4. The van der Waals surface area contributed by atoms with E-state index in [2.05, 4.69) is 15.0 Å². The van der Waals surface area contributed by atoms with Gasteiger partial charge in [0, 0.05) is 36.3 Å². The molecule has 0 radical (unpaired) electrons. The van der Waals surface area contributed by atoms with Crippen LogP contribution in [0.2, 0.25) is 0 Å². The number of alkyl halides is 3. The van der Waals surface area contributed by atoms with Gasteiger partial charge in [-0.15, -0.1) is 0 Å². The Morgan fingerprint density at radius 1 is 1.09 bits per heavy atom. The lowest BCUT2D eigenvalue weighted by atomic mass is 9.97. The molecule has 2 aromatic heterocycles. The molecule has 1 aliphatic carbocycles. The smallest absolute Gasteiger partial charge is 0.417 e. The molecule has 0 spiro atoms. The number of carbonyl (C=O) groups is 1. The predicted molar refractivity (Wildman–Crippen MR) is 113 cm³/mol. The van der Waals surface area contributed by atoms with Gasteiger partial charge in [0.1, 0.15) is 11.9 Å². The minimum atomic E-state index is -4.48. The number of benzene rings is 1. The highest BCUT2D eigenvalue weighted by Crippen LogP contribution is 2.45. The molecule has 2 fully saturated rings. The number of piperidine rings is 1. The lowest BCUT2D eigenvalue weighted by Gasteiger charge is -2.38. The molecule has 6 nitrogen and oxygen atoms in total. The number of hydrogen-bond donors (Lipinski definition) is 0. The topological polar surface area (TPSA) is 68.2 Å². The summed E-state index contributed by atoms with van der Waals surface area (Å²) in [4.78, 5) is 27.5. The van der Waals surface area contributed by atoms with E-state index in [4.69, 9.17) is 4.74 Å². The van der Waals surface area contributed by atoms with Crippen LogP contribution in [0.15, 0.2) is 55.0 Å². The largest absolute Gasteiger partial charge is 0.472 e. The molecule has 2 aliphatic rings. The zero-order chi connectivity index (χ0) is 24.0. The monoisotopic (exact) mass is 472 g/mol. The van der Waals surface area contributed by atoms with Crippen molar-refractivity contribution in [2.45, 2.75) is 44.1 Å². The normalized spacial score (nSPS) is 23.9. The number of rotatable bonds is 4. The Hall–Kier alpha value is -3.56. The summed E-state index contributed by atoms with van der Waals surface area (Å²) in [7, 11) is 0. The quantitative estimate of drug-likeness (QED) is 0.512. The number of aromatic nitrogens is 3. The minimum absolute atomic E-state index is 0.0748. The third kappa shape index (κ3) is 3.97. The second kappa shape index (κ2) is 8.34. The minimum Gasteiger partial charge on any atom is -0.472 e. The Labute approximate surface area is 192 Å². The van der Waals surface area contributed by atoms with Gasteiger partial charge in [-0.3, -0.25) is 4.79 Å². The first-order valence-electron chi connectivity index (χ1n) is 10.8. The average Bonchev–Trinajstić information content (AvgIpc) is 3.36. The van der Waals surface area contributed by atoms with Crippen molar-refractivity contribution in [3.63, 3.8) is 0 Å². The summed E-state index contributed by atoms with van der Waals surface area (Å²) >= 11 is 0. The van der Waals surface area contributed by atoms with Crippen molar-refractivity contribution in [2.24, 2.45) is 5.92 Å². The number of carbonyl (C=O) groups excluding carboxylic acids is 1. The molecule has 10 heteroatoms. The third-order valence-corrected chi connectivity index (χ3v) is 6.58. The molecule has 1 aromatic carbocycles. The standard InChI is InChI=1S/C24H20F4N4O2/c1-13-14-9-19(20(10-14)34-21-6-3-15(12-31-21)24(26,27)28)32(13)23(33)17-5-4-16(25)11-18(17)22-29-7-2-8-30-22/h2-8,11-14,19-20H,9-10H2,1H3/t13-,14-,19+,20-/m1/s1. The number of amides is 1. The Balaban J connectivity index is 1.40. The molecule has 3 heterocycles. The van der Waals surface area contributed by atoms with Crippen LogP contribution in [0.3, 0.4) is 0 Å². The van der Waals surface area contributed by atoms with Crippen LogP contribution in [-0.2, 0) is 6.18 Å². The summed E-state index contributed by atoms with van der Waals surface area (Å²) in [5.41, 5.74) is -0.286. The second-order valence-corrected chi connectivity index (χ2v) is 8.55. The Morgan fingerprint density at radius 2 is 1.85 bits per heavy atom. The van der Waals surface area contributed by atoms with Crippen molar-refractivity contribution in [2.75, 3.05) is 0 Å². The van der Waals surface area contributed by atoms with Crippen LogP contribution in [0.5, 0.6) is 5.88 Å². The van der Waals surface area contributed by atoms with Crippen molar-refractivity contribution in [1.82, 2.24) is 19.9 Å². The highest BCUT2D eigenvalue weighted by Gasteiger charge is 2.53. The zero-order valence-electron chi connectivity index (χ0n) is 18.0. The van der Waals surface area contributed by atoms with Crippen molar-refractivity contribution >= 4 is 5.91 Å². The maximum Gasteiger partial charge on any atom is 0.417 e. The van der Waals surface area contributed by atoms with Gasteiger partial charge < -0.3 is 9.64 Å². The van der Waals surface area contributed by atoms with E-state index in [0.29, 0.717) is 18.4 Å². The van der Waals surface area contributed by atoms with Crippen molar-refractivity contribution in [1.29, 1.82) is 0 Å². The molecule has 3 aromatic rings. The molecular weight excluding hydrogens is 452 g/mol. The molecule has 1 saturated heterocycles. The Morgan fingerprint density at radius 3 is 2.50 bits per heavy atom. The van der Waals surface area contributed by atoms with Crippen LogP contribution >= 0.6 is 0 Å². The average molecular weight is 472 g/mol. The number of hydrogen-bond acceptors (Lipinski definition) is 5. The van der Waals surface area contributed by atoms with Crippen molar-refractivity contribution in [3.8, 4) is 17.3 Å². The molecule has 1 aliphatic heterocycles. The van der Waals surface area contributed by atoms with Crippen LogP contribution in [0.4, 0.5) is 17.6 Å². The van der Waals surface area contributed by atoms with E-state index in [1.54, 1.807) is 11.0 Å². The van der Waals surface area contributed by atoms with E-state index in [1.165, 1.54) is 36.7 Å². The van der Waals surface area contributed by atoms with Gasteiger partial charge in [0.25, 0.3) is 5.91 Å². The number of likely N-dealkylation sites (tertiary alicyclic amines) is 1. The van der Waals surface area contributed by atoms with Gasteiger partial charge in [-0.1, -0.05) is 0 Å². The van der Waals surface area contributed by atoms with Crippen molar-refractivity contribution < 1.29 is 27.1 Å². The predicted octanol–water partition coefficient (Wildman–Crippen LogP) is 4.77. The van der Waals surface area contributed by atoms with Crippen molar-refractivity contribution in [3.05, 3.63) is 71.9 Å². The van der Waals surface area contributed by atoms with E-state index >= 15 is 0 Å². The molecule has 2 bridgehead atoms. The van der Waals surface area contributed by atoms with Crippen LogP contribution in [0, 0.1) is 11.7 Å². The summed E-state index contributed by atoms with van der Waals surface area (Å²) in [6.07, 6.45) is 0.245. The van der Waals surface area contributed by atoms with Crippen LogP contribution < -0.4 is 4.74 Å². The summed E-state index contributed by atoms with van der Waals surface area (Å²) in [5, 5.41) is 0. The molecule has 0 unspecified atom stereocenters. The number of ether oxygens (including phenoxy) is 1. The fourth-order valence-electron chi connectivity index (χ4n) is 4.93. The lowest BCUT2D eigenvalue weighted by Crippen LogP contribution is -2.51. The number of nitrogens with zero attached hydrogens (tertiary/aromatic N) is 4. The fourth-order valence-corrected chi connectivity index (χ4v) is 4.93. The first kappa shape index (κ1) is 22.2. The highest BCUT2D eigenvalue weighted by molar-refractivity contribution is 6.00. The van der Waals surface area contributed by atoms with E-state index in [9.17, 15) is 22.4 Å². The molecule has 4 atom stereocenters. The fraction of sp³-hybridized carbons (Fsp3) is 0.333. The number of fused-ring (bicyclic) bond motifs is 2. The first-order valence-corrected chi connectivity index (χ1v) is 10.8. The molecule has 1 saturated carbocycles. The van der Waals surface area contributed by atoms with Gasteiger partial charge in [0.2, 0.25) is 5.88 Å². The van der Waals surface area contributed by atoms with E-state index in [1.807, 2.05) is 6.92 Å². The number of pyridine rings is 1. The Kier molecular flexibility index (Phi) is 5.45. The molecule has 1 amide bonds. The van der Waals surface area contributed by atoms with Crippen LogP contribution in [0.1, 0.15) is 35.7 Å². The van der Waals surface area contributed by atoms with Gasteiger partial charge in [-0.05, 0) is 56.0 Å². The highest BCUT2D eigenvalue weighted by atomic mass is 19.4. The molecule has 5 rings (SSSR count). The van der Waals surface area contributed by atoms with Gasteiger partial charge in [0.15, 0.2) is 5.82 Å². The summed E-state index contributed by atoms with van der Waals surface area (Å²) in [5.74, 6) is -0.319. The zero-order valence-corrected chi connectivity index (χ0v) is 18.0. The lowest BCUT2D eigenvalue weighted by molar-refractivity contribution is -0.137. The SMILES string of the molecule is C[C@@H]1[C@H]2C[C@@H](Oc3ccc(C(F)(F)F)cn3)[C@H](C2)N1C(=O)c1ccc(F)cc1-c1ncccn1. The first-order chi connectivity index (χ1) is 16.2. The third-order valence-electron chi connectivity index (χ3n) is 6.58. The van der Waals surface area contributed by atoms with Crippen LogP contribution in [-0.4, -0.2) is 43.9 Å². The summed E-state index contributed by atoms with van der Waals surface area (Å²) in [6, 6.07) is 7.26. The van der Waals surface area contributed by atoms with Crippen LogP contribution in [0.25, 0.3) is 11.4 Å². The maximum absolute atomic E-state index is 14.0. The maximum atomic E-state index is 14.0. The van der Waals surface area contributed by atoms with Gasteiger partial charge >= 0.3 is 6.18 Å². The molecule has 0 N–H and O–H groups in total. The van der Waals surface area contributed by atoms with Gasteiger partial charge in [0.05, 0.1) is 17.2 Å². The molecule has 34 heavy (non-hydrogen) atoms. The molecule has 176 valence electrons. The van der Waals surface area contributed by atoms with Gasteiger partial charge in [-0.2, -0.15) is 13.2 Å². The van der Waals surface area contributed by atoms with E-state index < -0.39 is 23.7 Å².